The van der Waals surface area contributed by atoms with Crippen molar-refractivity contribution < 1.29 is 9.18 Å². The highest BCUT2D eigenvalue weighted by molar-refractivity contribution is 9.10. The predicted molar refractivity (Wildman–Crippen MR) is 69.1 cm³/mol. The normalized spacial score (nSPS) is 10.4. The summed E-state index contributed by atoms with van der Waals surface area (Å²) < 4.78 is 13.8. The molecule has 1 amide bonds. The van der Waals surface area contributed by atoms with Crippen LogP contribution in [0.3, 0.4) is 0 Å². The number of halogens is 2. The molecule has 1 rings (SSSR count). The molecule has 0 saturated heterocycles. The number of hydrogen-bond acceptors (Lipinski definition) is 2. The molecule has 5 heteroatoms. The van der Waals surface area contributed by atoms with Crippen LogP contribution >= 0.6 is 15.9 Å². The zero-order valence-electron chi connectivity index (χ0n) is 9.96. The monoisotopic (exact) mass is 302 g/mol. The van der Waals surface area contributed by atoms with Crippen LogP contribution < -0.4 is 5.32 Å². The highest BCUT2D eigenvalue weighted by Gasteiger charge is 2.06. The van der Waals surface area contributed by atoms with Gasteiger partial charge in [-0.1, -0.05) is 15.9 Å². The van der Waals surface area contributed by atoms with Crippen molar-refractivity contribution in [1.82, 2.24) is 10.2 Å². The van der Waals surface area contributed by atoms with Gasteiger partial charge in [0, 0.05) is 24.6 Å². The SMILES string of the molecule is CCN(C)C(=O)CNCc1cc(F)ccc1Br. The lowest BCUT2D eigenvalue weighted by molar-refractivity contribution is -0.128. The van der Waals surface area contributed by atoms with Crippen LogP contribution in [0.15, 0.2) is 22.7 Å². The van der Waals surface area contributed by atoms with Crippen LogP contribution in [0.25, 0.3) is 0 Å². The van der Waals surface area contributed by atoms with Crippen LogP contribution in [-0.2, 0) is 11.3 Å². The summed E-state index contributed by atoms with van der Waals surface area (Å²) in [4.78, 5) is 13.1. The molecule has 0 radical (unpaired) electrons. The topological polar surface area (TPSA) is 32.3 Å². The minimum atomic E-state index is -0.276. The number of hydrogen-bond donors (Lipinski definition) is 1. The first-order chi connectivity index (χ1) is 8.04. The Morgan fingerprint density at radius 2 is 2.24 bits per heavy atom. The Bertz CT molecular complexity index is 398. The van der Waals surface area contributed by atoms with E-state index in [2.05, 4.69) is 21.2 Å². The van der Waals surface area contributed by atoms with E-state index in [9.17, 15) is 9.18 Å². The first-order valence-corrected chi connectivity index (χ1v) is 6.22. The van der Waals surface area contributed by atoms with Crippen molar-refractivity contribution in [2.45, 2.75) is 13.5 Å². The number of carbonyl (C=O) groups excluding carboxylic acids is 1. The van der Waals surface area contributed by atoms with Gasteiger partial charge in [-0.15, -0.1) is 0 Å². The van der Waals surface area contributed by atoms with E-state index in [1.54, 1.807) is 18.0 Å². The van der Waals surface area contributed by atoms with Gasteiger partial charge in [0.1, 0.15) is 5.82 Å². The molecule has 0 aliphatic carbocycles. The lowest BCUT2D eigenvalue weighted by atomic mass is 10.2. The number of likely N-dealkylation sites (N-methyl/N-ethyl adjacent to an activating group) is 1. The second-order valence-electron chi connectivity index (χ2n) is 3.75. The lowest BCUT2D eigenvalue weighted by Crippen LogP contribution is -2.35. The number of amides is 1. The fourth-order valence-corrected chi connectivity index (χ4v) is 1.68. The fraction of sp³-hybridized carbons (Fsp3) is 0.417. The maximum Gasteiger partial charge on any atom is 0.236 e. The van der Waals surface area contributed by atoms with Gasteiger partial charge in [0.15, 0.2) is 0 Å². The van der Waals surface area contributed by atoms with Crippen molar-refractivity contribution in [2.24, 2.45) is 0 Å². The fourth-order valence-electron chi connectivity index (χ4n) is 1.29. The summed E-state index contributed by atoms with van der Waals surface area (Å²) in [5.41, 5.74) is 0.803. The van der Waals surface area contributed by atoms with E-state index in [0.29, 0.717) is 13.1 Å². The second kappa shape index (κ2) is 6.71. The van der Waals surface area contributed by atoms with Gasteiger partial charge in [0.2, 0.25) is 5.91 Å². The van der Waals surface area contributed by atoms with Crippen molar-refractivity contribution in [3.05, 3.63) is 34.1 Å². The van der Waals surface area contributed by atoms with Gasteiger partial charge >= 0.3 is 0 Å². The first kappa shape index (κ1) is 14.1. The Kier molecular flexibility index (Phi) is 5.58. The lowest BCUT2D eigenvalue weighted by Gasteiger charge is -2.15. The molecule has 1 N–H and O–H groups in total. The Hall–Kier alpha value is -0.940. The molecule has 1 aromatic carbocycles. The van der Waals surface area contributed by atoms with Crippen LogP contribution in [0.2, 0.25) is 0 Å². The zero-order valence-corrected chi connectivity index (χ0v) is 11.6. The van der Waals surface area contributed by atoms with E-state index in [-0.39, 0.29) is 18.3 Å². The third-order valence-electron chi connectivity index (χ3n) is 2.50. The van der Waals surface area contributed by atoms with Crippen LogP contribution in [0, 0.1) is 5.82 Å². The van der Waals surface area contributed by atoms with Crippen molar-refractivity contribution in [2.75, 3.05) is 20.1 Å². The van der Waals surface area contributed by atoms with E-state index < -0.39 is 0 Å². The minimum Gasteiger partial charge on any atom is -0.345 e. The largest absolute Gasteiger partial charge is 0.345 e. The summed E-state index contributed by atoms with van der Waals surface area (Å²) in [5, 5.41) is 3.00. The quantitative estimate of drug-likeness (QED) is 0.904. The molecule has 1 aromatic rings. The van der Waals surface area contributed by atoms with Crippen molar-refractivity contribution in [1.29, 1.82) is 0 Å². The van der Waals surface area contributed by atoms with E-state index in [0.717, 1.165) is 10.0 Å². The van der Waals surface area contributed by atoms with Gasteiger partial charge in [-0.2, -0.15) is 0 Å². The molecular formula is C12H16BrFN2O. The third kappa shape index (κ3) is 4.44. The van der Waals surface area contributed by atoms with Gasteiger partial charge in [-0.05, 0) is 30.7 Å². The molecule has 0 aromatic heterocycles. The molecule has 0 heterocycles. The Balaban J connectivity index is 2.46. The number of carbonyl (C=O) groups is 1. The van der Waals surface area contributed by atoms with Crippen LogP contribution in [0.5, 0.6) is 0 Å². The third-order valence-corrected chi connectivity index (χ3v) is 3.27. The van der Waals surface area contributed by atoms with Crippen LogP contribution in [0.4, 0.5) is 4.39 Å². The summed E-state index contributed by atoms with van der Waals surface area (Å²) in [6.45, 7) is 3.32. The molecule has 3 nitrogen and oxygen atoms in total. The summed E-state index contributed by atoms with van der Waals surface area (Å²) in [6, 6.07) is 4.50. The highest BCUT2D eigenvalue weighted by Crippen LogP contribution is 2.17. The Morgan fingerprint density at radius 3 is 2.88 bits per heavy atom. The molecule has 94 valence electrons. The van der Waals surface area contributed by atoms with E-state index >= 15 is 0 Å². The van der Waals surface area contributed by atoms with E-state index in [1.807, 2.05) is 6.92 Å². The van der Waals surface area contributed by atoms with Gasteiger partial charge in [0.25, 0.3) is 0 Å². The maximum absolute atomic E-state index is 13.0. The summed E-state index contributed by atoms with van der Waals surface area (Å²) >= 11 is 3.34. The zero-order chi connectivity index (χ0) is 12.8. The first-order valence-electron chi connectivity index (χ1n) is 5.43. The molecule has 0 bridgehead atoms. The van der Waals surface area contributed by atoms with Gasteiger partial charge in [0.05, 0.1) is 6.54 Å². The van der Waals surface area contributed by atoms with Crippen molar-refractivity contribution in [3.63, 3.8) is 0 Å². The Morgan fingerprint density at radius 1 is 1.53 bits per heavy atom. The maximum atomic E-state index is 13.0. The molecule has 0 aliphatic rings. The highest BCUT2D eigenvalue weighted by atomic mass is 79.9. The molecule has 0 fully saturated rings. The molecule has 0 aliphatic heterocycles. The van der Waals surface area contributed by atoms with E-state index in [1.165, 1.54) is 12.1 Å². The molecule has 0 atom stereocenters. The second-order valence-corrected chi connectivity index (χ2v) is 4.60. The molecule has 17 heavy (non-hydrogen) atoms. The average Bonchev–Trinajstić information content (AvgIpc) is 2.32. The summed E-state index contributed by atoms with van der Waals surface area (Å²) in [6.07, 6.45) is 0. The van der Waals surface area contributed by atoms with E-state index in [4.69, 9.17) is 0 Å². The van der Waals surface area contributed by atoms with Gasteiger partial charge in [-0.3, -0.25) is 4.79 Å². The molecule has 0 saturated carbocycles. The molecular weight excluding hydrogens is 287 g/mol. The summed E-state index contributed by atoms with van der Waals surface area (Å²) in [5.74, 6) is -0.248. The number of nitrogens with one attached hydrogen (secondary N) is 1. The number of benzene rings is 1. The number of rotatable bonds is 5. The Labute approximate surface area is 109 Å². The summed E-state index contributed by atoms with van der Waals surface area (Å²) in [7, 11) is 1.75. The average molecular weight is 303 g/mol. The molecule has 0 spiro atoms. The van der Waals surface area contributed by atoms with Crippen LogP contribution in [0.1, 0.15) is 12.5 Å². The van der Waals surface area contributed by atoms with Crippen molar-refractivity contribution in [3.8, 4) is 0 Å². The minimum absolute atomic E-state index is 0.0278. The predicted octanol–water partition coefficient (Wildman–Crippen LogP) is 2.16. The standard InChI is InChI=1S/C12H16BrFN2O/c1-3-16(2)12(17)8-15-7-9-6-10(14)4-5-11(9)13/h4-6,15H,3,7-8H2,1-2H3. The molecule has 0 unspecified atom stereocenters. The number of nitrogens with zero attached hydrogens (tertiary/aromatic N) is 1. The van der Waals surface area contributed by atoms with Crippen molar-refractivity contribution >= 4 is 21.8 Å². The van der Waals surface area contributed by atoms with Gasteiger partial charge < -0.3 is 10.2 Å². The van der Waals surface area contributed by atoms with Crippen LogP contribution in [-0.4, -0.2) is 30.9 Å². The smallest absolute Gasteiger partial charge is 0.236 e. The van der Waals surface area contributed by atoms with Gasteiger partial charge in [-0.25, -0.2) is 4.39 Å².